The van der Waals surface area contributed by atoms with Crippen LogP contribution in [0.2, 0.25) is 0 Å². The quantitative estimate of drug-likeness (QED) is 0.748. The zero-order chi connectivity index (χ0) is 12.7. The maximum Gasteiger partial charge on any atom is 0.243 e. The Balaban J connectivity index is 2.45. The first-order valence-corrected chi connectivity index (χ1v) is 6.49. The fourth-order valence-corrected chi connectivity index (χ4v) is 1.74. The van der Waals surface area contributed by atoms with Crippen molar-refractivity contribution in [3.63, 3.8) is 0 Å². The summed E-state index contributed by atoms with van der Waals surface area (Å²) < 4.78 is 5.24. The van der Waals surface area contributed by atoms with Gasteiger partial charge in [0.25, 0.3) is 0 Å². The molecule has 5 heteroatoms. The van der Waals surface area contributed by atoms with Crippen LogP contribution in [0.5, 0.6) is 0 Å². The van der Waals surface area contributed by atoms with Gasteiger partial charge >= 0.3 is 0 Å². The molecule has 0 aromatic carbocycles. The molecule has 0 bridgehead atoms. The van der Waals surface area contributed by atoms with Crippen molar-refractivity contribution in [3.8, 4) is 0 Å². The molecule has 0 saturated heterocycles. The van der Waals surface area contributed by atoms with Gasteiger partial charge in [0.05, 0.1) is 6.04 Å². The van der Waals surface area contributed by atoms with Crippen LogP contribution in [-0.4, -0.2) is 41.2 Å². The normalized spacial score (nSPS) is 13.2. The molecule has 0 saturated carbocycles. The molecule has 1 rings (SSSR count). The summed E-state index contributed by atoms with van der Waals surface area (Å²) in [6.45, 7) is 12.4. The SMILES string of the molecule is CCNC(C)c1nc(CCN(CC)CC)no1. The largest absolute Gasteiger partial charge is 0.338 e. The highest BCUT2D eigenvalue weighted by atomic mass is 16.5. The molecule has 0 aliphatic heterocycles. The van der Waals surface area contributed by atoms with Gasteiger partial charge in [-0.05, 0) is 26.6 Å². The van der Waals surface area contributed by atoms with E-state index in [1.807, 2.05) is 6.92 Å². The second-order valence-electron chi connectivity index (χ2n) is 4.11. The summed E-state index contributed by atoms with van der Waals surface area (Å²) in [6.07, 6.45) is 0.851. The topological polar surface area (TPSA) is 54.2 Å². The number of nitrogens with one attached hydrogen (secondary N) is 1. The predicted octanol–water partition coefficient (Wildman–Crippen LogP) is 1.62. The second kappa shape index (κ2) is 7.40. The van der Waals surface area contributed by atoms with Gasteiger partial charge in [0, 0.05) is 13.0 Å². The zero-order valence-electron chi connectivity index (χ0n) is 11.4. The van der Waals surface area contributed by atoms with Gasteiger partial charge in [-0.25, -0.2) is 0 Å². The molecule has 1 unspecified atom stereocenters. The molecule has 17 heavy (non-hydrogen) atoms. The highest BCUT2D eigenvalue weighted by Gasteiger charge is 2.13. The molecule has 1 N–H and O–H groups in total. The number of nitrogens with zero attached hydrogens (tertiary/aromatic N) is 3. The summed E-state index contributed by atoms with van der Waals surface area (Å²) in [7, 11) is 0. The van der Waals surface area contributed by atoms with Crippen LogP contribution in [-0.2, 0) is 6.42 Å². The average molecular weight is 240 g/mol. The van der Waals surface area contributed by atoms with Gasteiger partial charge in [-0.2, -0.15) is 4.98 Å². The summed E-state index contributed by atoms with van der Waals surface area (Å²) >= 11 is 0. The lowest BCUT2D eigenvalue weighted by Gasteiger charge is -2.16. The van der Waals surface area contributed by atoms with E-state index >= 15 is 0 Å². The summed E-state index contributed by atoms with van der Waals surface area (Å²) in [5, 5.41) is 7.26. The van der Waals surface area contributed by atoms with Crippen molar-refractivity contribution in [2.75, 3.05) is 26.2 Å². The fourth-order valence-electron chi connectivity index (χ4n) is 1.74. The molecule has 0 aliphatic rings. The standard InChI is InChI=1S/C12H24N4O/c1-5-13-10(4)12-14-11(15-17-12)8-9-16(6-2)7-3/h10,13H,5-9H2,1-4H3. The predicted molar refractivity (Wildman–Crippen MR) is 67.9 cm³/mol. The van der Waals surface area contributed by atoms with Crippen LogP contribution in [0, 0.1) is 0 Å². The number of likely N-dealkylation sites (N-methyl/N-ethyl adjacent to an activating group) is 1. The Morgan fingerprint density at radius 2 is 2.00 bits per heavy atom. The third-order valence-electron chi connectivity index (χ3n) is 2.91. The van der Waals surface area contributed by atoms with Gasteiger partial charge in [-0.15, -0.1) is 0 Å². The van der Waals surface area contributed by atoms with E-state index in [2.05, 4.69) is 41.1 Å². The van der Waals surface area contributed by atoms with E-state index in [-0.39, 0.29) is 6.04 Å². The van der Waals surface area contributed by atoms with Crippen molar-refractivity contribution in [1.82, 2.24) is 20.4 Å². The minimum atomic E-state index is 0.134. The van der Waals surface area contributed by atoms with Gasteiger partial charge in [-0.3, -0.25) is 0 Å². The molecule has 1 heterocycles. The summed E-state index contributed by atoms with van der Waals surface area (Å²) in [5.41, 5.74) is 0. The maximum absolute atomic E-state index is 5.24. The fraction of sp³-hybridized carbons (Fsp3) is 0.833. The molecule has 0 spiro atoms. The van der Waals surface area contributed by atoms with Gasteiger partial charge in [0.2, 0.25) is 5.89 Å². The molecule has 1 aromatic rings. The van der Waals surface area contributed by atoms with Crippen molar-refractivity contribution < 1.29 is 4.52 Å². The van der Waals surface area contributed by atoms with Crippen molar-refractivity contribution >= 4 is 0 Å². The molecular formula is C12H24N4O. The van der Waals surface area contributed by atoms with Crippen molar-refractivity contribution in [2.24, 2.45) is 0 Å². The Morgan fingerprint density at radius 3 is 2.59 bits per heavy atom. The first-order chi connectivity index (χ1) is 8.21. The smallest absolute Gasteiger partial charge is 0.243 e. The number of rotatable bonds is 8. The van der Waals surface area contributed by atoms with Crippen LogP contribution in [0.4, 0.5) is 0 Å². The number of hydrogen-bond donors (Lipinski definition) is 1. The number of aromatic nitrogens is 2. The van der Waals surface area contributed by atoms with Gasteiger partial charge in [0.15, 0.2) is 5.82 Å². The van der Waals surface area contributed by atoms with E-state index in [1.54, 1.807) is 0 Å². The van der Waals surface area contributed by atoms with Crippen molar-refractivity contribution in [3.05, 3.63) is 11.7 Å². The molecule has 0 fully saturated rings. The average Bonchev–Trinajstić information content (AvgIpc) is 2.79. The Kier molecular flexibility index (Phi) is 6.15. The summed E-state index contributed by atoms with van der Waals surface area (Å²) in [5.74, 6) is 1.48. The van der Waals surface area contributed by atoms with Crippen LogP contribution in [0.25, 0.3) is 0 Å². The lowest BCUT2D eigenvalue weighted by Crippen LogP contribution is -2.25. The van der Waals surface area contributed by atoms with Crippen LogP contribution in [0.3, 0.4) is 0 Å². The first-order valence-electron chi connectivity index (χ1n) is 6.49. The minimum absolute atomic E-state index is 0.134. The van der Waals surface area contributed by atoms with E-state index in [1.165, 1.54) is 0 Å². The number of hydrogen-bond acceptors (Lipinski definition) is 5. The van der Waals surface area contributed by atoms with Crippen LogP contribution < -0.4 is 5.32 Å². The summed E-state index contributed by atoms with van der Waals surface area (Å²) in [4.78, 5) is 6.75. The van der Waals surface area contributed by atoms with Crippen LogP contribution in [0.15, 0.2) is 4.52 Å². The molecule has 0 amide bonds. The van der Waals surface area contributed by atoms with E-state index in [9.17, 15) is 0 Å². The van der Waals surface area contributed by atoms with E-state index in [0.29, 0.717) is 5.89 Å². The molecular weight excluding hydrogens is 216 g/mol. The van der Waals surface area contributed by atoms with Crippen molar-refractivity contribution in [1.29, 1.82) is 0 Å². The van der Waals surface area contributed by atoms with E-state index < -0.39 is 0 Å². The maximum atomic E-state index is 5.24. The molecule has 0 radical (unpaired) electrons. The third kappa shape index (κ3) is 4.44. The molecule has 1 aromatic heterocycles. The van der Waals surface area contributed by atoms with E-state index in [0.717, 1.165) is 38.4 Å². The Labute approximate surface area is 104 Å². The molecule has 5 nitrogen and oxygen atoms in total. The molecule has 0 aliphatic carbocycles. The molecule has 1 atom stereocenters. The monoisotopic (exact) mass is 240 g/mol. The van der Waals surface area contributed by atoms with Gasteiger partial charge < -0.3 is 14.7 Å². The second-order valence-corrected chi connectivity index (χ2v) is 4.11. The molecule has 98 valence electrons. The Morgan fingerprint density at radius 1 is 1.29 bits per heavy atom. The van der Waals surface area contributed by atoms with Crippen molar-refractivity contribution in [2.45, 2.75) is 40.2 Å². The van der Waals surface area contributed by atoms with Crippen LogP contribution >= 0.6 is 0 Å². The van der Waals surface area contributed by atoms with Crippen LogP contribution in [0.1, 0.15) is 45.5 Å². The Hall–Kier alpha value is -0.940. The highest BCUT2D eigenvalue weighted by molar-refractivity contribution is 4.91. The lowest BCUT2D eigenvalue weighted by atomic mass is 10.3. The van der Waals surface area contributed by atoms with Gasteiger partial charge in [-0.1, -0.05) is 25.9 Å². The lowest BCUT2D eigenvalue weighted by molar-refractivity contribution is 0.301. The Bertz CT molecular complexity index is 309. The zero-order valence-corrected chi connectivity index (χ0v) is 11.4. The first kappa shape index (κ1) is 14.1. The summed E-state index contributed by atoms with van der Waals surface area (Å²) in [6, 6.07) is 0.134. The van der Waals surface area contributed by atoms with Gasteiger partial charge in [0.1, 0.15) is 0 Å². The van der Waals surface area contributed by atoms with E-state index in [4.69, 9.17) is 4.52 Å². The minimum Gasteiger partial charge on any atom is -0.338 e. The third-order valence-corrected chi connectivity index (χ3v) is 2.91. The highest BCUT2D eigenvalue weighted by Crippen LogP contribution is 2.09.